The summed E-state index contributed by atoms with van der Waals surface area (Å²) in [5.74, 6) is 0.313. The maximum atomic E-state index is 11.3. The monoisotopic (exact) mass is 324 g/mol. The molecule has 0 radical (unpaired) electrons. The highest BCUT2D eigenvalue weighted by molar-refractivity contribution is 5.91. The zero-order valence-corrected chi connectivity index (χ0v) is 14.0. The molecule has 0 aliphatic heterocycles. The Morgan fingerprint density at radius 2 is 1.88 bits per heavy atom. The highest BCUT2D eigenvalue weighted by Crippen LogP contribution is 2.36. The molecule has 24 heavy (non-hydrogen) atoms. The molecule has 3 rings (SSSR count). The lowest BCUT2D eigenvalue weighted by molar-refractivity contribution is -0.118. The molecule has 1 aliphatic carbocycles. The number of nitrogens with one attached hydrogen (secondary N) is 2. The third-order valence-corrected chi connectivity index (χ3v) is 4.41. The molecule has 2 aromatic carbocycles. The molecule has 1 aliphatic rings. The average molecular weight is 324 g/mol. The Hall–Kier alpha value is -2.33. The van der Waals surface area contributed by atoms with Gasteiger partial charge in [0.1, 0.15) is 6.61 Å². The largest absolute Gasteiger partial charge is 0.387 e. The summed E-state index contributed by atoms with van der Waals surface area (Å²) in [4.78, 5) is 11.3. The van der Waals surface area contributed by atoms with Crippen LogP contribution in [0.15, 0.2) is 48.5 Å². The Morgan fingerprint density at radius 3 is 2.54 bits per heavy atom. The van der Waals surface area contributed by atoms with Crippen molar-refractivity contribution in [1.29, 1.82) is 0 Å². The first-order valence-electron chi connectivity index (χ1n) is 8.47. The van der Waals surface area contributed by atoms with E-state index in [-0.39, 0.29) is 0 Å². The number of anilines is 2. The van der Waals surface area contributed by atoms with Gasteiger partial charge in [-0.3, -0.25) is 4.79 Å². The fourth-order valence-corrected chi connectivity index (χ4v) is 2.91. The van der Waals surface area contributed by atoms with Gasteiger partial charge in [-0.15, -0.1) is 0 Å². The van der Waals surface area contributed by atoms with Gasteiger partial charge in [0.05, 0.1) is 0 Å². The minimum Gasteiger partial charge on any atom is -0.387 e. The van der Waals surface area contributed by atoms with E-state index in [0.29, 0.717) is 17.6 Å². The van der Waals surface area contributed by atoms with E-state index < -0.39 is 12.5 Å². The molecule has 3 N–H and O–H groups in total. The molecule has 4 heteroatoms. The van der Waals surface area contributed by atoms with Crippen molar-refractivity contribution in [1.82, 2.24) is 0 Å². The Bertz CT molecular complexity index is 693. The third-order valence-electron chi connectivity index (χ3n) is 4.41. The molecule has 0 spiro atoms. The molecule has 1 atom stereocenters. The number of carbonyl (C=O) groups excluding carboxylic acids is 1. The summed E-state index contributed by atoms with van der Waals surface area (Å²) in [7, 11) is 0. The molecule has 1 amide bonds. The van der Waals surface area contributed by atoms with Crippen molar-refractivity contribution in [3.63, 3.8) is 0 Å². The smallest absolute Gasteiger partial charge is 0.250 e. The average Bonchev–Trinajstić information content (AvgIpc) is 3.41. The molecule has 1 saturated carbocycles. The lowest BCUT2D eigenvalue weighted by Gasteiger charge is -2.20. The first-order chi connectivity index (χ1) is 11.6. The Morgan fingerprint density at radius 1 is 1.17 bits per heavy atom. The van der Waals surface area contributed by atoms with Crippen LogP contribution in [0, 0.1) is 12.8 Å². The van der Waals surface area contributed by atoms with Crippen LogP contribution < -0.4 is 10.6 Å². The van der Waals surface area contributed by atoms with Gasteiger partial charge in [-0.2, -0.15) is 0 Å². The van der Waals surface area contributed by atoms with Gasteiger partial charge in [-0.05, 0) is 55.9 Å². The second kappa shape index (κ2) is 7.49. The topological polar surface area (TPSA) is 61.4 Å². The van der Waals surface area contributed by atoms with Gasteiger partial charge in [-0.25, -0.2) is 0 Å². The number of amides is 1. The van der Waals surface area contributed by atoms with Crippen LogP contribution in [0.25, 0.3) is 0 Å². The number of benzene rings is 2. The SMILES string of the molecule is Cc1ccc(CC(Nc2cccc(NC(=O)CO)c2)C2CC2)cc1. The molecular formula is C20H24N2O2. The maximum Gasteiger partial charge on any atom is 0.250 e. The van der Waals surface area contributed by atoms with E-state index in [1.807, 2.05) is 24.3 Å². The molecule has 0 bridgehead atoms. The summed E-state index contributed by atoms with van der Waals surface area (Å²) in [5, 5.41) is 15.1. The summed E-state index contributed by atoms with van der Waals surface area (Å²) < 4.78 is 0. The van der Waals surface area contributed by atoms with Gasteiger partial charge in [0, 0.05) is 17.4 Å². The van der Waals surface area contributed by atoms with Crippen LogP contribution in [-0.2, 0) is 11.2 Å². The molecule has 0 aromatic heterocycles. The Balaban J connectivity index is 1.68. The molecule has 4 nitrogen and oxygen atoms in total. The lowest BCUT2D eigenvalue weighted by Crippen LogP contribution is -2.24. The molecular weight excluding hydrogens is 300 g/mol. The van der Waals surface area contributed by atoms with E-state index in [1.54, 1.807) is 0 Å². The van der Waals surface area contributed by atoms with Crippen molar-refractivity contribution in [3.05, 3.63) is 59.7 Å². The summed E-state index contributed by atoms with van der Waals surface area (Å²) >= 11 is 0. The molecule has 2 aromatic rings. The van der Waals surface area contributed by atoms with Gasteiger partial charge >= 0.3 is 0 Å². The summed E-state index contributed by atoms with van der Waals surface area (Å²) in [6.07, 6.45) is 3.53. The fraction of sp³-hybridized carbons (Fsp3) is 0.350. The predicted octanol–water partition coefficient (Wildman–Crippen LogP) is 3.36. The van der Waals surface area contributed by atoms with Crippen LogP contribution >= 0.6 is 0 Å². The lowest BCUT2D eigenvalue weighted by atomic mass is 10.0. The number of aliphatic hydroxyl groups excluding tert-OH is 1. The van der Waals surface area contributed by atoms with Gasteiger partial charge in [0.25, 0.3) is 0 Å². The predicted molar refractivity (Wildman–Crippen MR) is 97.2 cm³/mol. The highest BCUT2D eigenvalue weighted by Gasteiger charge is 2.31. The van der Waals surface area contributed by atoms with Crippen LogP contribution in [0.3, 0.4) is 0 Å². The highest BCUT2D eigenvalue weighted by atomic mass is 16.3. The first-order valence-corrected chi connectivity index (χ1v) is 8.47. The summed E-state index contributed by atoms with van der Waals surface area (Å²) in [5.41, 5.74) is 4.32. The minimum absolute atomic E-state index is 0.398. The number of aliphatic hydroxyl groups is 1. The number of hydrogen-bond acceptors (Lipinski definition) is 3. The van der Waals surface area contributed by atoms with Gasteiger partial charge < -0.3 is 15.7 Å². The van der Waals surface area contributed by atoms with Crippen molar-refractivity contribution in [2.75, 3.05) is 17.2 Å². The Labute approximate surface area is 142 Å². The summed E-state index contributed by atoms with van der Waals surface area (Å²) in [6.45, 7) is 1.60. The van der Waals surface area contributed by atoms with Crippen LogP contribution in [0.5, 0.6) is 0 Å². The van der Waals surface area contributed by atoms with Crippen molar-refractivity contribution in [3.8, 4) is 0 Å². The van der Waals surface area contributed by atoms with Gasteiger partial charge in [-0.1, -0.05) is 35.9 Å². The molecule has 0 saturated heterocycles. The molecule has 126 valence electrons. The number of hydrogen-bond donors (Lipinski definition) is 3. The van der Waals surface area contributed by atoms with Crippen molar-refractivity contribution >= 4 is 17.3 Å². The second-order valence-corrected chi connectivity index (χ2v) is 6.57. The summed E-state index contributed by atoms with van der Waals surface area (Å²) in [6, 6.07) is 16.8. The van der Waals surface area contributed by atoms with E-state index in [1.165, 1.54) is 24.0 Å². The zero-order chi connectivity index (χ0) is 16.9. The Kier molecular flexibility index (Phi) is 5.16. The fourth-order valence-electron chi connectivity index (χ4n) is 2.91. The normalized spacial score (nSPS) is 14.9. The standard InChI is InChI=1S/C20H24N2O2/c1-14-5-7-15(8-6-14)11-19(16-9-10-16)21-17-3-2-4-18(12-17)22-20(24)13-23/h2-8,12,16,19,21,23H,9-11,13H2,1H3,(H,22,24). The van der Waals surface area contributed by atoms with Gasteiger partial charge in [0.15, 0.2) is 0 Å². The van der Waals surface area contributed by atoms with E-state index >= 15 is 0 Å². The number of rotatable bonds is 7. The van der Waals surface area contributed by atoms with Crippen LogP contribution in [0.1, 0.15) is 24.0 Å². The van der Waals surface area contributed by atoms with E-state index in [9.17, 15) is 4.79 Å². The van der Waals surface area contributed by atoms with E-state index in [4.69, 9.17) is 5.11 Å². The first kappa shape index (κ1) is 16.5. The zero-order valence-electron chi connectivity index (χ0n) is 14.0. The third kappa shape index (κ3) is 4.59. The molecule has 0 heterocycles. The number of carbonyl (C=O) groups is 1. The van der Waals surface area contributed by atoms with Crippen molar-refractivity contribution < 1.29 is 9.90 Å². The van der Waals surface area contributed by atoms with Crippen LogP contribution in [0.2, 0.25) is 0 Å². The van der Waals surface area contributed by atoms with Crippen molar-refractivity contribution in [2.45, 2.75) is 32.2 Å². The second-order valence-electron chi connectivity index (χ2n) is 6.57. The van der Waals surface area contributed by atoms with E-state index in [2.05, 4.69) is 41.8 Å². The van der Waals surface area contributed by atoms with Crippen molar-refractivity contribution in [2.24, 2.45) is 5.92 Å². The maximum absolute atomic E-state index is 11.3. The van der Waals surface area contributed by atoms with Gasteiger partial charge in [0.2, 0.25) is 5.91 Å². The number of aryl methyl sites for hydroxylation is 1. The van der Waals surface area contributed by atoms with Crippen LogP contribution in [0.4, 0.5) is 11.4 Å². The molecule has 1 fully saturated rings. The minimum atomic E-state index is -0.504. The van der Waals surface area contributed by atoms with E-state index in [0.717, 1.165) is 12.1 Å². The van der Waals surface area contributed by atoms with Crippen LogP contribution in [-0.4, -0.2) is 23.7 Å². The quantitative estimate of drug-likeness (QED) is 0.732. The molecule has 1 unspecified atom stereocenters.